The average Bonchev–Trinajstić information content (AvgIpc) is 2.65. The SMILES string of the molecule is C#CC(C)(COC)NC(=O)C(Oc1ccc2ncc(OC)cc2c1)SC. The first kappa shape index (κ1) is 19.9. The lowest BCUT2D eigenvalue weighted by atomic mass is 10.1. The lowest BCUT2D eigenvalue weighted by molar-refractivity contribution is -0.126. The lowest BCUT2D eigenvalue weighted by Crippen LogP contribution is -2.52. The summed E-state index contributed by atoms with van der Waals surface area (Å²) in [6.07, 6.45) is 8.96. The molecule has 2 unspecified atom stereocenters. The molecule has 0 bridgehead atoms. The summed E-state index contributed by atoms with van der Waals surface area (Å²) >= 11 is 1.27. The average molecular weight is 374 g/mol. The summed E-state index contributed by atoms with van der Waals surface area (Å²) < 4.78 is 16.1. The number of nitrogens with one attached hydrogen (secondary N) is 1. The summed E-state index contributed by atoms with van der Waals surface area (Å²) in [5.41, 5.74) is -0.844. The van der Waals surface area contributed by atoms with Crippen LogP contribution in [0.3, 0.4) is 0 Å². The molecule has 2 aromatic rings. The molecule has 0 fully saturated rings. The van der Waals surface area contributed by atoms with Gasteiger partial charge in [-0.05, 0) is 37.4 Å². The van der Waals surface area contributed by atoms with Crippen molar-refractivity contribution in [2.24, 2.45) is 0 Å². The van der Waals surface area contributed by atoms with Gasteiger partial charge < -0.3 is 19.5 Å². The Hall–Kier alpha value is -2.43. The Bertz CT molecular complexity index is 821. The maximum atomic E-state index is 12.6. The standard InChI is InChI=1S/C19H22N2O4S/c1-6-19(2,12-23-3)21-17(22)18(26-5)25-14-7-8-16-13(9-14)10-15(24-4)11-20-16/h1,7-11,18H,12H2,2-5H3,(H,21,22). The van der Waals surface area contributed by atoms with Crippen LogP contribution in [0.5, 0.6) is 11.5 Å². The highest BCUT2D eigenvalue weighted by molar-refractivity contribution is 7.99. The largest absolute Gasteiger partial charge is 0.495 e. The van der Waals surface area contributed by atoms with Crippen molar-refractivity contribution in [3.05, 3.63) is 30.5 Å². The molecular weight excluding hydrogens is 352 g/mol. The van der Waals surface area contributed by atoms with Gasteiger partial charge in [-0.25, -0.2) is 0 Å². The summed E-state index contributed by atoms with van der Waals surface area (Å²) in [7, 11) is 3.11. The van der Waals surface area contributed by atoms with E-state index in [4.69, 9.17) is 20.6 Å². The first-order chi connectivity index (χ1) is 12.4. The van der Waals surface area contributed by atoms with Crippen LogP contribution in [-0.4, -0.2) is 48.9 Å². The van der Waals surface area contributed by atoms with Gasteiger partial charge in [-0.15, -0.1) is 18.2 Å². The number of nitrogens with zero attached hydrogens (tertiary/aromatic N) is 1. The van der Waals surface area contributed by atoms with Gasteiger partial charge >= 0.3 is 0 Å². The molecule has 2 atom stereocenters. The van der Waals surface area contributed by atoms with Crippen molar-refractivity contribution in [2.75, 3.05) is 27.1 Å². The van der Waals surface area contributed by atoms with Crippen molar-refractivity contribution < 1.29 is 19.0 Å². The Morgan fingerprint density at radius 1 is 1.38 bits per heavy atom. The quantitative estimate of drug-likeness (QED) is 0.565. The third-order valence-electron chi connectivity index (χ3n) is 3.69. The minimum absolute atomic E-state index is 0.206. The van der Waals surface area contributed by atoms with Crippen molar-refractivity contribution in [3.63, 3.8) is 0 Å². The number of aromatic nitrogens is 1. The zero-order valence-corrected chi connectivity index (χ0v) is 16.1. The van der Waals surface area contributed by atoms with E-state index in [-0.39, 0.29) is 12.5 Å². The number of thioether (sulfide) groups is 1. The second kappa shape index (κ2) is 8.79. The fourth-order valence-corrected chi connectivity index (χ4v) is 2.82. The van der Waals surface area contributed by atoms with Crippen molar-refractivity contribution in [1.29, 1.82) is 0 Å². The van der Waals surface area contributed by atoms with E-state index in [2.05, 4.69) is 16.2 Å². The zero-order valence-electron chi connectivity index (χ0n) is 15.2. The predicted molar refractivity (Wildman–Crippen MR) is 103 cm³/mol. The number of terminal acetylenes is 1. The lowest BCUT2D eigenvalue weighted by Gasteiger charge is -2.26. The fraction of sp³-hybridized carbons (Fsp3) is 0.368. The van der Waals surface area contributed by atoms with Crippen LogP contribution >= 0.6 is 11.8 Å². The van der Waals surface area contributed by atoms with Crippen molar-refractivity contribution in [3.8, 4) is 23.8 Å². The summed E-state index contributed by atoms with van der Waals surface area (Å²) in [6, 6.07) is 7.28. The van der Waals surface area contributed by atoms with Crippen LogP contribution in [0.25, 0.3) is 10.9 Å². The number of carbonyl (C=O) groups is 1. The molecule has 1 N–H and O–H groups in total. The molecule has 0 aliphatic carbocycles. The van der Waals surface area contributed by atoms with Gasteiger partial charge in [0.1, 0.15) is 17.0 Å². The van der Waals surface area contributed by atoms with Gasteiger partial charge in [0.05, 0.1) is 25.4 Å². The zero-order chi connectivity index (χ0) is 19.2. The second-order valence-electron chi connectivity index (χ2n) is 5.81. The molecule has 1 aromatic carbocycles. The van der Waals surface area contributed by atoms with E-state index in [0.717, 1.165) is 10.9 Å². The number of amides is 1. The summed E-state index contributed by atoms with van der Waals surface area (Å²) in [5.74, 6) is 3.43. The Morgan fingerprint density at radius 3 is 2.73 bits per heavy atom. The molecule has 0 radical (unpaired) electrons. The fourth-order valence-electron chi connectivity index (χ4n) is 2.34. The number of fused-ring (bicyclic) bond motifs is 1. The highest BCUT2D eigenvalue weighted by Gasteiger charge is 2.29. The monoisotopic (exact) mass is 374 g/mol. The molecule has 6 nitrogen and oxygen atoms in total. The number of rotatable bonds is 8. The molecule has 0 aliphatic rings. The predicted octanol–water partition coefficient (Wildman–Crippen LogP) is 2.47. The van der Waals surface area contributed by atoms with Gasteiger partial charge in [0, 0.05) is 12.5 Å². The van der Waals surface area contributed by atoms with E-state index < -0.39 is 11.0 Å². The molecule has 0 saturated carbocycles. The molecule has 0 aliphatic heterocycles. The van der Waals surface area contributed by atoms with Crippen LogP contribution in [-0.2, 0) is 9.53 Å². The summed E-state index contributed by atoms with van der Waals surface area (Å²) in [4.78, 5) is 16.9. The van der Waals surface area contributed by atoms with Crippen molar-refractivity contribution in [1.82, 2.24) is 10.3 Å². The van der Waals surface area contributed by atoms with Gasteiger partial charge in [-0.3, -0.25) is 9.78 Å². The highest BCUT2D eigenvalue weighted by atomic mass is 32.2. The molecule has 0 saturated heterocycles. The Morgan fingerprint density at radius 2 is 2.12 bits per heavy atom. The van der Waals surface area contributed by atoms with E-state index in [1.807, 2.05) is 18.2 Å². The van der Waals surface area contributed by atoms with E-state index in [1.165, 1.54) is 18.9 Å². The highest BCUT2D eigenvalue weighted by Crippen LogP contribution is 2.25. The number of benzene rings is 1. The topological polar surface area (TPSA) is 69.7 Å². The normalized spacial score (nSPS) is 14.1. The number of hydrogen-bond acceptors (Lipinski definition) is 6. The number of pyridine rings is 1. The second-order valence-corrected chi connectivity index (χ2v) is 6.71. The van der Waals surface area contributed by atoms with Crippen molar-refractivity contribution >= 4 is 28.6 Å². The Labute approximate surface area is 157 Å². The van der Waals surface area contributed by atoms with E-state index in [1.54, 1.807) is 32.6 Å². The van der Waals surface area contributed by atoms with E-state index in [9.17, 15) is 4.79 Å². The Balaban J connectivity index is 2.17. The minimum Gasteiger partial charge on any atom is -0.495 e. The molecule has 1 aromatic heterocycles. The first-order valence-electron chi connectivity index (χ1n) is 7.86. The number of hydrogen-bond donors (Lipinski definition) is 1. The van der Waals surface area contributed by atoms with Crippen LogP contribution in [0.2, 0.25) is 0 Å². The van der Waals surface area contributed by atoms with Crippen molar-refractivity contribution in [2.45, 2.75) is 17.9 Å². The summed E-state index contributed by atoms with van der Waals surface area (Å²) in [6.45, 7) is 1.93. The molecular formula is C19H22N2O4S. The number of ether oxygens (including phenoxy) is 3. The maximum absolute atomic E-state index is 12.6. The van der Waals surface area contributed by atoms with Crippen LogP contribution in [0.4, 0.5) is 0 Å². The third-order valence-corrected chi connectivity index (χ3v) is 4.42. The molecule has 138 valence electrons. The van der Waals surface area contributed by atoms with Gasteiger partial charge in [0.2, 0.25) is 5.44 Å². The minimum atomic E-state index is -0.899. The van der Waals surface area contributed by atoms with E-state index in [0.29, 0.717) is 11.5 Å². The van der Waals surface area contributed by atoms with Crippen LogP contribution in [0.15, 0.2) is 30.5 Å². The first-order valence-corrected chi connectivity index (χ1v) is 9.15. The molecule has 7 heteroatoms. The smallest absolute Gasteiger partial charge is 0.272 e. The number of carbonyl (C=O) groups excluding carboxylic acids is 1. The Kier molecular flexibility index (Phi) is 6.72. The molecule has 1 amide bonds. The molecule has 1 heterocycles. The van der Waals surface area contributed by atoms with E-state index >= 15 is 0 Å². The maximum Gasteiger partial charge on any atom is 0.272 e. The van der Waals surface area contributed by atoms with Gasteiger partial charge in [0.15, 0.2) is 0 Å². The molecule has 0 spiro atoms. The molecule has 26 heavy (non-hydrogen) atoms. The van der Waals surface area contributed by atoms with Gasteiger partial charge in [-0.1, -0.05) is 5.92 Å². The van der Waals surface area contributed by atoms with Gasteiger partial charge in [0.25, 0.3) is 5.91 Å². The number of methoxy groups -OCH3 is 2. The third kappa shape index (κ3) is 4.81. The summed E-state index contributed by atoms with van der Waals surface area (Å²) in [5, 5.41) is 3.65. The van der Waals surface area contributed by atoms with Crippen LogP contribution < -0.4 is 14.8 Å². The van der Waals surface area contributed by atoms with Gasteiger partial charge in [-0.2, -0.15) is 0 Å². The van der Waals surface area contributed by atoms with Crippen LogP contribution in [0, 0.1) is 12.3 Å². The molecule has 2 rings (SSSR count). The van der Waals surface area contributed by atoms with Crippen LogP contribution in [0.1, 0.15) is 6.92 Å².